The van der Waals surface area contributed by atoms with Crippen LogP contribution in [0.15, 0.2) is 65.9 Å². The summed E-state index contributed by atoms with van der Waals surface area (Å²) in [5, 5.41) is 3.89. The number of pyridine rings is 1. The Balaban J connectivity index is 1.52. The quantitative estimate of drug-likeness (QED) is 0.280. The summed E-state index contributed by atoms with van der Waals surface area (Å²) in [4.78, 5) is 24.1. The van der Waals surface area contributed by atoms with Gasteiger partial charge in [0.2, 0.25) is 0 Å². The monoisotopic (exact) mass is 510 g/mol. The van der Waals surface area contributed by atoms with E-state index in [0.29, 0.717) is 5.92 Å². The first kappa shape index (κ1) is 25.2. The van der Waals surface area contributed by atoms with Gasteiger partial charge in [0.15, 0.2) is 0 Å². The summed E-state index contributed by atoms with van der Waals surface area (Å²) in [6.07, 6.45) is 8.56. The molecule has 0 saturated heterocycles. The van der Waals surface area contributed by atoms with Gasteiger partial charge < -0.3 is 9.88 Å². The standard InChI is InChI=1S/C31H34N4OS/c1-20-16-22(21(2)35(20)25-12-9-15-32-19-25)18-33-30-28(29(36)34-24-10-7-6-8-11-24)26-14-13-23(31(3,4)5)17-27(26)37-30/h6-12,15-16,18-19,23H,13-14,17H2,1-5H3,(H,34,36)/t23-/m1/s1. The number of carbonyl (C=O) groups excluding carboxylic acids is 1. The molecule has 0 bridgehead atoms. The Bertz CT molecular complexity index is 1440. The molecule has 1 aliphatic rings. The average Bonchev–Trinajstić information content (AvgIpc) is 3.38. The van der Waals surface area contributed by atoms with Crippen LogP contribution in [0.3, 0.4) is 0 Å². The number of carbonyl (C=O) groups is 1. The van der Waals surface area contributed by atoms with E-state index >= 15 is 0 Å². The van der Waals surface area contributed by atoms with Gasteiger partial charge in [0.25, 0.3) is 5.91 Å². The predicted octanol–water partition coefficient (Wildman–Crippen LogP) is 7.70. The van der Waals surface area contributed by atoms with Crippen LogP contribution in [0.25, 0.3) is 5.69 Å². The van der Waals surface area contributed by atoms with Crippen LogP contribution in [0.2, 0.25) is 0 Å². The number of aryl methyl sites for hydroxylation is 1. The Kier molecular flexibility index (Phi) is 6.86. The van der Waals surface area contributed by atoms with Crippen molar-refractivity contribution < 1.29 is 4.79 Å². The highest BCUT2D eigenvalue weighted by atomic mass is 32.1. The van der Waals surface area contributed by atoms with Gasteiger partial charge in [0.1, 0.15) is 5.00 Å². The number of hydrogen-bond donors (Lipinski definition) is 1. The van der Waals surface area contributed by atoms with E-state index in [1.165, 1.54) is 10.4 Å². The molecule has 0 spiro atoms. The molecule has 4 aromatic rings. The maximum atomic E-state index is 13.6. The summed E-state index contributed by atoms with van der Waals surface area (Å²) in [6, 6.07) is 15.8. The number of fused-ring (bicyclic) bond motifs is 1. The van der Waals surface area contributed by atoms with Crippen molar-refractivity contribution in [2.45, 2.75) is 53.9 Å². The Morgan fingerprint density at radius 1 is 1.16 bits per heavy atom. The molecular weight excluding hydrogens is 476 g/mol. The largest absolute Gasteiger partial charge is 0.322 e. The number of nitrogens with zero attached hydrogens (tertiary/aromatic N) is 3. The molecule has 0 saturated carbocycles. The van der Waals surface area contributed by atoms with E-state index in [4.69, 9.17) is 4.99 Å². The van der Waals surface area contributed by atoms with Crippen LogP contribution in [0.5, 0.6) is 0 Å². The lowest BCUT2D eigenvalue weighted by atomic mass is 9.72. The second-order valence-corrected chi connectivity index (χ2v) is 12.0. The predicted molar refractivity (Wildman–Crippen MR) is 154 cm³/mol. The van der Waals surface area contributed by atoms with Crippen molar-refractivity contribution in [3.05, 3.63) is 93.9 Å². The third kappa shape index (κ3) is 5.16. The van der Waals surface area contributed by atoms with Crippen molar-refractivity contribution in [2.24, 2.45) is 16.3 Å². The van der Waals surface area contributed by atoms with Crippen LogP contribution >= 0.6 is 11.3 Å². The smallest absolute Gasteiger partial charge is 0.259 e. The third-order valence-corrected chi connectivity index (χ3v) is 8.59. The molecule has 0 aliphatic heterocycles. The second kappa shape index (κ2) is 10.1. The lowest BCUT2D eigenvalue weighted by Gasteiger charge is -2.33. The Labute approximate surface area is 223 Å². The molecule has 6 heteroatoms. The van der Waals surface area contributed by atoms with Gasteiger partial charge in [-0.3, -0.25) is 9.78 Å². The van der Waals surface area contributed by atoms with Gasteiger partial charge >= 0.3 is 0 Å². The number of benzene rings is 1. The second-order valence-electron chi connectivity index (χ2n) is 10.9. The summed E-state index contributed by atoms with van der Waals surface area (Å²) >= 11 is 1.68. The van der Waals surface area contributed by atoms with Crippen molar-refractivity contribution in [3.63, 3.8) is 0 Å². The molecule has 5 nitrogen and oxygen atoms in total. The van der Waals surface area contributed by atoms with Gasteiger partial charge in [-0.1, -0.05) is 39.0 Å². The minimum Gasteiger partial charge on any atom is -0.322 e. The van der Waals surface area contributed by atoms with Crippen LogP contribution in [0.1, 0.15) is 64.9 Å². The first-order valence-electron chi connectivity index (χ1n) is 12.9. The van der Waals surface area contributed by atoms with Gasteiger partial charge in [-0.25, -0.2) is 4.99 Å². The highest BCUT2D eigenvalue weighted by Gasteiger charge is 2.33. The van der Waals surface area contributed by atoms with Gasteiger partial charge in [-0.15, -0.1) is 11.3 Å². The normalized spacial score (nSPS) is 15.6. The zero-order valence-electron chi connectivity index (χ0n) is 22.2. The fourth-order valence-electron chi connectivity index (χ4n) is 5.28. The lowest BCUT2D eigenvalue weighted by Crippen LogP contribution is -2.27. The van der Waals surface area contributed by atoms with E-state index in [1.54, 1.807) is 17.5 Å². The number of thiophene rings is 1. The van der Waals surface area contributed by atoms with Crippen molar-refractivity contribution in [1.29, 1.82) is 0 Å². The zero-order valence-corrected chi connectivity index (χ0v) is 23.0. The summed E-state index contributed by atoms with van der Waals surface area (Å²) in [7, 11) is 0. The topological polar surface area (TPSA) is 59.3 Å². The molecule has 0 radical (unpaired) electrons. The number of amides is 1. The van der Waals surface area contributed by atoms with Gasteiger partial charge in [-0.05, 0) is 80.3 Å². The van der Waals surface area contributed by atoms with Crippen LogP contribution in [0, 0.1) is 25.2 Å². The van der Waals surface area contributed by atoms with Gasteiger partial charge in [0, 0.05) is 39.9 Å². The number of para-hydroxylation sites is 1. The fraction of sp³-hybridized carbons (Fsp3) is 0.323. The molecule has 3 heterocycles. The zero-order chi connectivity index (χ0) is 26.2. The molecule has 1 aromatic carbocycles. The molecule has 1 N–H and O–H groups in total. The van der Waals surface area contributed by atoms with E-state index in [1.807, 2.05) is 48.8 Å². The van der Waals surface area contributed by atoms with Crippen LogP contribution < -0.4 is 5.32 Å². The summed E-state index contributed by atoms with van der Waals surface area (Å²) in [5.41, 5.74) is 7.22. The number of rotatable bonds is 5. The molecule has 5 rings (SSSR count). The van der Waals surface area contributed by atoms with E-state index in [2.05, 4.69) is 61.6 Å². The first-order valence-corrected chi connectivity index (χ1v) is 13.7. The minimum atomic E-state index is -0.0779. The summed E-state index contributed by atoms with van der Waals surface area (Å²) < 4.78 is 2.19. The average molecular weight is 511 g/mol. The van der Waals surface area contributed by atoms with Crippen LogP contribution in [0.4, 0.5) is 10.7 Å². The molecule has 0 fully saturated rings. The molecule has 3 aromatic heterocycles. The number of hydrogen-bond acceptors (Lipinski definition) is 4. The third-order valence-electron chi connectivity index (χ3n) is 7.43. The van der Waals surface area contributed by atoms with E-state index < -0.39 is 0 Å². The molecule has 37 heavy (non-hydrogen) atoms. The number of nitrogens with one attached hydrogen (secondary N) is 1. The maximum Gasteiger partial charge on any atom is 0.259 e. The highest BCUT2D eigenvalue weighted by molar-refractivity contribution is 7.16. The van der Waals surface area contributed by atoms with E-state index in [-0.39, 0.29) is 11.3 Å². The Morgan fingerprint density at radius 3 is 2.65 bits per heavy atom. The molecule has 190 valence electrons. The Morgan fingerprint density at radius 2 is 1.95 bits per heavy atom. The van der Waals surface area contributed by atoms with Gasteiger partial charge in [-0.2, -0.15) is 0 Å². The number of aromatic nitrogens is 2. The van der Waals surface area contributed by atoms with Crippen molar-refractivity contribution in [2.75, 3.05) is 5.32 Å². The van der Waals surface area contributed by atoms with Crippen molar-refractivity contribution >= 4 is 34.1 Å². The fourth-order valence-corrected chi connectivity index (χ4v) is 6.55. The summed E-state index contributed by atoms with van der Waals surface area (Å²) in [5.74, 6) is 0.518. The van der Waals surface area contributed by atoms with E-state index in [0.717, 1.165) is 58.2 Å². The molecule has 0 unspecified atom stereocenters. The SMILES string of the molecule is Cc1cc(C=Nc2sc3c(c2C(=O)Nc2ccccc2)CC[C@@H](C(C)(C)C)C3)c(C)n1-c1cccnc1. The Hall–Kier alpha value is -3.51. The molecule has 1 atom stereocenters. The highest BCUT2D eigenvalue weighted by Crippen LogP contribution is 2.45. The van der Waals surface area contributed by atoms with Gasteiger partial charge in [0.05, 0.1) is 17.4 Å². The van der Waals surface area contributed by atoms with E-state index in [9.17, 15) is 4.79 Å². The number of anilines is 1. The minimum absolute atomic E-state index is 0.0779. The van der Waals surface area contributed by atoms with Crippen molar-refractivity contribution in [3.8, 4) is 5.69 Å². The van der Waals surface area contributed by atoms with Crippen LogP contribution in [-0.2, 0) is 12.8 Å². The first-order chi connectivity index (χ1) is 17.7. The summed E-state index contributed by atoms with van der Waals surface area (Å²) in [6.45, 7) is 11.1. The maximum absolute atomic E-state index is 13.6. The molecule has 1 aliphatic carbocycles. The molecular formula is C31H34N4OS. The lowest BCUT2D eigenvalue weighted by molar-refractivity contribution is 0.102. The molecule has 1 amide bonds. The van der Waals surface area contributed by atoms with Crippen molar-refractivity contribution in [1.82, 2.24) is 9.55 Å². The van der Waals surface area contributed by atoms with Crippen LogP contribution in [-0.4, -0.2) is 21.7 Å². The number of aliphatic imine (C=N–C) groups is 1.